The second-order valence-electron chi connectivity index (χ2n) is 5.83. The molecule has 3 amide bonds. The molecule has 1 fully saturated rings. The standard InChI is InChI=1S/C16H23N3O2/c1-4-5-14-15(20)19(16(21)17-14)11-18(3)10-13-8-6-12(2)7-9-13/h6-9,14H,4-5,10-11H2,1-3H3,(H,17,21)/p+1/t14-/m1/s1. The van der Waals surface area contributed by atoms with Crippen molar-refractivity contribution in [2.45, 2.75) is 39.3 Å². The minimum atomic E-state index is -0.338. The number of amides is 3. The SMILES string of the molecule is CCC[C@H]1NC(=O)N(C[NH+](C)Cc2ccc(C)cc2)C1=O. The number of carbonyl (C=O) groups excluding carboxylic acids is 2. The Morgan fingerprint density at radius 1 is 1.24 bits per heavy atom. The van der Waals surface area contributed by atoms with E-state index >= 15 is 0 Å². The Morgan fingerprint density at radius 2 is 1.90 bits per heavy atom. The first-order valence-electron chi connectivity index (χ1n) is 7.50. The molecule has 1 unspecified atom stereocenters. The number of hydrogen-bond acceptors (Lipinski definition) is 2. The van der Waals surface area contributed by atoms with Gasteiger partial charge in [-0.3, -0.25) is 4.79 Å². The molecule has 21 heavy (non-hydrogen) atoms. The van der Waals surface area contributed by atoms with Crippen LogP contribution < -0.4 is 10.2 Å². The fourth-order valence-electron chi connectivity index (χ4n) is 2.59. The predicted molar refractivity (Wildman–Crippen MR) is 80.7 cm³/mol. The van der Waals surface area contributed by atoms with E-state index in [1.165, 1.54) is 16.0 Å². The summed E-state index contributed by atoms with van der Waals surface area (Å²) in [6.45, 7) is 5.26. The van der Waals surface area contributed by atoms with Crippen molar-refractivity contribution in [2.75, 3.05) is 13.7 Å². The van der Waals surface area contributed by atoms with Crippen LogP contribution in [-0.4, -0.2) is 36.6 Å². The highest BCUT2D eigenvalue weighted by Gasteiger charge is 2.38. The number of carbonyl (C=O) groups is 2. The van der Waals surface area contributed by atoms with Crippen molar-refractivity contribution in [3.63, 3.8) is 0 Å². The zero-order chi connectivity index (χ0) is 15.4. The van der Waals surface area contributed by atoms with Crippen LogP contribution in [0, 0.1) is 6.92 Å². The van der Waals surface area contributed by atoms with Crippen molar-refractivity contribution in [1.82, 2.24) is 10.2 Å². The van der Waals surface area contributed by atoms with Crippen LogP contribution in [0.25, 0.3) is 0 Å². The summed E-state index contributed by atoms with van der Waals surface area (Å²) in [4.78, 5) is 26.5. The fourth-order valence-corrected chi connectivity index (χ4v) is 2.59. The molecule has 1 aliphatic heterocycles. The number of benzene rings is 1. The van der Waals surface area contributed by atoms with Gasteiger partial charge in [0.25, 0.3) is 5.91 Å². The molecule has 2 atom stereocenters. The highest BCUT2D eigenvalue weighted by Crippen LogP contribution is 2.09. The summed E-state index contributed by atoms with van der Waals surface area (Å²) in [5, 5.41) is 2.76. The van der Waals surface area contributed by atoms with E-state index in [-0.39, 0.29) is 18.0 Å². The zero-order valence-electron chi connectivity index (χ0n) is 13.0. The molecule has 0 radical (unpaired) electrons. The van der Waals surface area contributed by atoms with Gasteiger partial charge in [-0.05, 0) is 13.3 Å². The Morgan fingerprint density at radius 3 is 2.52 bits per heavy atom. The second-order valence-corrected chi connectivity index (χ2v) is 5.83. The lowest BCUT2D eigenvalue weighted by Crippen LogP contribution is -3.09. The van der Waals surface area contributed by atoms with Gasteiger partial charge < -0.3 is 10.2 Å². The van der Waals surface area contributed by atoms with Crippen molar-refractivity contribution in [2.24, 2.45) is 0 Å². The number of rotatable bonds is 6. The monoisotopic (exact) mass is 290 g/mol. The summed E-state index contributed by atoms with van der Waals surface area (Å²) < 4.78 is 0. The second kappa shape index (κ2) is 6.72. The molecular formula is C16H24N3O2+. The minimum Gasteiger partial charge on any atom is -0.326 e. The largest absolute Gasteiger partial charge is 0.329 e. The van der Waals surface area contributed by atoms with Gasteiger partial charge in [0.1, 0.15) is 12.6 Å². The average molecular weight is 290 g/mol. The third kappa shape index (κ3) is 3.82. The first-order chi connectivity index (χ1) is 10.0. The van der Waals surface area contributed by atoms with Crippen molar-refractivity contribution >= 4 is 11.9 Å². The lowest BCUT2D eigenvalue weighted by atomic mass is 10.1. The lowest BCUT2D eigenvalue weighted by molar-refractivity contribution is -0.901. The third-order valence-electron chi connectivity index (χ3n) is 3.74. The average Bonchev–Trinajstić information content (AvgIpc) is 2.70. The fraction of sp³-hybridized carbons (Fsp3) is 0.500. The Balaban J connectivity index is 1.93. The molecular weight excluding hydrogens is 266 g/mol. The van der Waals surface area contributed by atoms with Gasteiger partial charge in [0.05, 0.1) is 7.05 Å². The van der Waals surface area contributed by atoms with E-state index in [1.54, 1.807) is 0 Å². The van der Waals surface area contributed by atoms with Crippen molar-refractivity contribution < 1.29 is 14.5 Å². The molecule has 1 aromatic rings. The highest BCUT2D eigenvalue weighted by molar-refractivity contribution is 6.03. The summed E-state index contributed by atoms with van der Waals surface area (Å²) in [6.07, 6.45) is 1.59. The Kier molecular flexibility index (Phi) is 4.96. The molecule has 0 spiro atoms. The van der Waals surface area contributed by atoms with Gasteiger partial charge in [-0.25, -0.2) is 9.69 Å². The van der Waals surface area contributed by atoms with Crippen LogP contribution in [-0.2, 0) is 11.3 Å². The maximum atomic E-state index is 12.2. The predicted octanol–water partition coefficient (Wildman–Crippen LogP) is 0.688. The first kappa shape index (κ1) is 15.5. The van der Waals surface area contributed by atoms with Crippen LogP contribution in [0.4, 0.5) is 4.79 Å². The highest BCUT2D eigenvalue weighted by atomic mass is 16.2. The molecule has 114 valence electrons. The molecule has 0 bridgehead atoms. The van der Waals surface area contributed by atoms with E-state index in [2.05, 4.69) is 36.5 Å². The molecule has 0 saturated carbocycles. The van der Waals surface area contributed by atoms with Gasteiger partial charge in [-0.15, -0.1) is 0 Å². The minimum absolute atomic E-state index is 0.0925. The van der Waals surface area contributed by atoms with Gasteiger partial charge in [-0.1, -0.05) is 43.2 Å². The van der Waals surface area contributed by atoms with E-state index in [1.807, 2.05) is 14.0 Å². The van der Waals surface area contributed by atoms with E-state index in [0.717, 1.165) is 17.9 Å². The van der Waals surface area contributed by atoms with Crippen LogP contribution in [0.15, 0.2) is 24.3 Å². The van der Waals surface area contributed by atoms with Crippen LogP contribution in [0.2, 0.25) is 0 Å². The van der Waals surface area contributed by atoms with Crippen molar-refractivity contribution in [1.29, 1.82) is 0 Å². The van der Waals surface area contributed by atoms with Crippen LogP contribution in [0.1, 0.15) is 30.9 Å². The molecule has 0 aromatic heterocycles. The summed E-state index contributed by atoms with van der Waals surface area (Å²) in [7, 11) is 1.99. The molecule has 1 aliphatic rings. The van der Waals surface area contributed by atoms with E-state index in [4.69, 9.17) is 0 Å². The molecule has 2 rings (SSSR count). The molecule has 1 saturated heterocycles. The smallest absolute Gasteiger partial charge is 0.326 e. The van der Waals surface area contributed by atoms with Crippen LogP contribution in [0.3, 0.4) is 0 Å². The molecule has 1 aromatic carbocycles. The zero-order valence-corrected chi connectivity index (χ0v) is 13.0. The number of hydrogen-bond donors (Lipinski definition) is 2. The normalized spacial score (nSPS) is 19.8. The van der Waals surface area contributed by atoms with Crippen molar-refractivity contribution in [3.05, 3.63) is 35.4 Å². The number of urea groups is 1. The molecule has 5 nitrogen and oxygen atoms in total. The molecule has 5 heteroatoms. The topological polar surface area (TPSA) is 53.9 Å². The number of nitrogens with one attached hydrogen (secondary N) is 2. The van der Waals surface area contributed by atoms with Crippen LogP contribution >= 0.6 is 0 Å². The van der Waals surface area contributed by atoms with Crippen molar-refractivity contribution in [3.8, 4) is 0 Å². The van der Waals surface area contributed by atoms with E-state index < -0.39 is 0 Å². The van der Waals surface area contributed by atoms with Gasteiger partial charge >= 0.3 is 6.03 Å². The maximum Gasteiger partial charge on any atom is 0.329 e. The quantitative estimate of drug-likeness (QED) is 0.757. The molecule has 1 heterocycles. The van der Waals surface area contributed by atoms with Gasteiger partial charge in [0.2, 0.25) is 0 Å². The van der Waals surface area contributed by atoms with E-state index in [0.29, 0.717) is 13.1 Å². The number of imide groups is 1. The van der Waals surface area contributed by atoms with Gasteiger partial charge in [0, 0.05) is 5.56 Å². The maximum absolute atomic E-state index is 12.2. The summed E-state index contributed by atoms with van der Waals surface area (Å²) in [6, 6.07) is 7.73. The number of quaternary nitrogens is 1. The Bertz CT molecular complexity index is 513. The Hall–Kier alpha value is -1.88. The van der Waals surface area contributed by atoms with Gasteiger partial charge in [0.15, 0.2) is 6.67 Å². The third-order valence-corrected chi connectivity index (χ3v) is 3.74. The van der Waals surface area contributed by atoms with E-state index in [9.17, 15) is 9.59 Å². The summed E-state index contributed by atoms with van der Waals surface area (Å²) in [5.74, 6) is -0.0925. The van der Waals surface area contributed by atoms with Gasteiger partial charge in [-0.2, -0.15) is 0 Å². The first-order valence-corrected chi connectivity index (χ1v) is 7.50. The summed E-state index contributed by atoms with van der Waals surface area (Å²) in [5.41, 5.74) is 2.43. The number of aryl methyl sites for hydroxylation is 1. The Labute approximate surface area is 125 Å². The molecule has 0 aliphatic carbocycles. The number of nitrogens with zero attached hydrogens (tertiary/aromatic N) is 1. The lowest BCUT2D eigenvalue weighted by Gasteiger charge is -2.19. The molecule has 2 N–H and O–H groups in total. The van der Waals surface area contributed by atoms with Crippen LogP contribution in [0.5, 0.6) is 0 Å². The summed E-state index contributed by atoms with van der Waals surface area (Å²) >= 11 is 0.